The van der Waals surface area contributed by atoms with E-state index in [-0.39, 0.29) is 21.6 Å². The molecule has 0 spiro atoms. The number of H-pyrrole nitrogens is 2. The fourth-order valence-corrected chi connectivity index (χ4v) is 3.16. The van der Waals surface area contributed by atoms with Crippen molar-refractivity contribution in [2.45, 2.75) is 0 Å². The van der Waals surface area contributed by atoms with Crippen LogP contribution in [0.1, 0.15) is 0 Å². The molecular weight excluding hydrogens is 353 g/mol. The molecule has 0 radical (unpaired) electrons. The number of hydrogen-bond acceptors (Lipinski definition) is 6. The van der Waals surface area contributed by atoms with Crippen LogP contribution < -0.4 is 20.4 Å². The second kappa shape index (κ2) is 8.98. The fourth-order valence-electron chi connectivity index (χ4n) is 1.94. The molecule has 6 nitrogen and oxygen atoms in total. The van der Waals surface area contributed by atoms with Gasteiger partial charge >= 0.3 is 10.1 Å². The second-order valence-corrected chi connectivity index (χ2v) is 6.29. The van der Waals surface area contributed by atoms with Crippen molar-refractivity contribution in [2.24, 2.45) is 0 Å². The van der Waals surface area contributed by atoms with Crippen LogP contribution in [0.3, 0.4) is 0 Å². The molecule has 0 saturated heterocycles. The zero-order valence-electron chi connectivity index (χ0n) is 13.0. The number of aromatic amines is 2. The summed E-state index contributed by atoms with van der Waals surface area (Å²) in [6, 6.07) is 13.8. The van der Waals surface area contributed by atoms with E-state index in [1.54, 1.807) is 47.4 Å². The van der Waals surface area contributed by atoms with Crippen molar-refractivity contribution in [1.82, 2.24) is 10.2 Å². The monoisotopic (exact) mass is 365 g/mol. The molecule has 0 aliphatic rings. The summed E-state index contributed by atoms with van der Waals surface area (Å²) in [6.07, 6.45) is 0. The number of rotatable bonds is 2. The van der Waals surface area contributed by atoms with Crippen molar-refractivity contribution >= 4 is 32.8 Å². The van der Waals surface area contributed by atoms with E-state index in [0.717, 1.165) is 10.0 Å². The van der Waals surface area contributed by atoms with Crippen LogP contribution in [-0.2, 0) is 0 Å². The summed E-state index contributed by atoms with van der Waals surface area (Å²) in [5.74, 6) is 0.0519. The van der Waals surface area contributed by atoms with E-state index in [1.165, 1.54) is 22.7 Å². The summed E-state index contributed by atoms with van der Waals surface area (Å²) in [6.45, 7) is 0. The Balaban J connectivity index is 0.000000173. The third-order valence-corrected chi connectivity index (χ3v) is 4.56. The molecule has 0 saturated carbocycles. The van der Waals surface area contributed by atoms with Gasteiger partial charge in [-0.3, -0.25) is 0 Å². The molecule has 0 aliphatic carbocycles. The molecule has 0 amide bonds. The van der Waals surface area contributed by atoms with Gasteiger partial charge in [0, 0.05) is 10.2 Å². The van der Waals surface area contributed by atoms with Gasteiger partial charge in [0.15, 0.2) is 11.0 Å². The standard InChI is InChI=1S/2C8H6N2OS.Be/c2*11-7-4-2-1-3-6(7)8-10-9-5-12-8;/h2*1-5,11H;/q;;+2. The van der Waals surface area contributed by atoms with Gasteiger partial charge in [0.2, 0.25) is 0 Å². The molecule has 4 aromatic rings. The van der Waals surface area contributed by atoms with Gasteiger partial charge in [-0.05, 0) is 34.8 Å². The first kappa shape index (κ1) is 18.7. The van der Waals surface area contributed by atoms with E-state index >= 15 is 0 Å². The smallest absolute Gasteiger partial charge is 0.872 e. The van der Waals surface area contributed by atoms with E-state index in [2.05, 4.69) is 20.4 Å². The first-order valence-electron chi connectivity index (χ1n) is 6.91. The Hall–Kier alpha value is -2.67. The molecule has 9 heteroatoms. The molecule has 2 heterocycles. The predicted octanol–water partition coefficient (Wildman–Crippen LogP) is 1.01. The quantitative estimate of drug-likeness (QED) is 0.495. The third kappa shape index (κ3) is 4.67. The molecule has 4 rings (SSSR count). The molecule has 0 bridgehead atoms. The Morgan fingerprint density at radius 2 is 1.08 bits per heavy atom. The van der Waals surface area contributed by atoms with E-state index in [4.69, 9.17) is 0 Å². The van der Waals surface area contributed by atoms with Crippen molar-refractivity contribution in [3.05, 3.63) is 59.6 Å². The van der Waals surface area contributed by atoms with Crippen LogP contribution >= 0.6 is 22.7 Å². The van der Waals surface area contributed by atoms with E-state index < -0.39 is 0 Å². The minimum atomic E-state index is 0. The SMILES string of the molecule is [Be+2].[O-]c1ccccc1-c1[nH+]ncs1.[O-]c1ccccc1-c1[nH+]ncs1. The zero-order chi connectivity index (χ0) is 16.8. The van der Waals surface area contributed by atoms with Gasteiger partial charge in [0.25, 0.3) is 10.0 Å². The average molecular weight is 365 g/mol. The summed E-state index contributed by atoms with van der Waals surface area (Å²) >= 11 is 2.85. The second-order valence-electron chi connectivity index (χ2n) is 4.58. The normalized spacial score (nSPS) is 9.60. The molecule has 0 aliphatic heterocycles. The molecule has 0 unspecified atom stereocenters. The maximum atomic E-state index is 11.3. The largest absolute Gasteiger partial charge is 2.00 e. The van der Waals surface area contributed by atoms with Crippen molar-refractivity contribution in [3.63, 3.8) is 0 Å². The van der Waals surface area contributed by atoms with Crippen LogP contribution in [-0.4, -0.2) is 20.3 Å². The van der Waals surface area contributed by atoms with Crippen molar-refractivity contribution < 1.29 is 20.4 Å². The number of nitrogens with one attached hydrogen (secondary N) is 2. The van der Waals surface area contributed by atoms with Crippen molar-refractivity contribution in [1.29, 1.82) is 0 Å². The zero-order valence-corrected chi connectivity index (χ0v) is 14.6. The average Bonchev–Trinajstić information content (AvgIpc) is 3.30. The Morgan fingerprint density at radius 3 is 1.40 bits per heavy atom. The molecular formula is C16H12BeN4O2S2+2. The van der Waals surface area contributed by atoms with Gasteiger partial charge < -0.3 is 10.2 Å². The first-order chi connectivity index (χ1) is 11.8. The molecule has 25 heavy (non-hydrogen) atoms. The number of aromatic nitrogens is 4. The summed E-state index contributed by atoms with van der Waals surface area (Å²) in [5.41, 5.74) is 4.70. The third-order valence-electron chi connectivity index (χ3n) is 3.04. The number of para-hydroxylation sites is 2. The summed E-state index contributed by atoms with van der Waals surface area (Å²) < 4.78 is 0. The van der Waals surface area contributed by atoms with Crippen LogP contribution in [0, 0.1) is 0 Å². The molecule has 0 atom stereocenters. The van der Waals surface area contributed by atoms with Crippen LogP contribution in [0.25, 0.3) is 21.1 Å². The topological polar surface area (TPSA) is 100 Å². The van der Waals surface area contributed by atoms with Crippen molar-refractivity contribution in [2.75, 3.05) is 0 Å². The molecule has 0 fully saturated rings. The van der Waals surface area contributed by atoms with Gasteiger partial charge in [0.1, 0.15) is 0 Å². The minimum Gasteiger partial charge on any atom is -0.872 e. The van der Waals surface area contributed by atoms with Crippen molar-refractivity contribution in [3.8, 4) is 32.6 Å². The Morgan fingerprint density at radius 1 is 0.680 bits per heavy atom. The number of benzene rings is 2. The Labute approximate surface area is 155 Å². The van der Waals surface area contributed by atoms with Gasteiger partial charge in [-0.2, -0.15) is 0 Å². The number of nitrogens with zero attached hydrogens (tertiary/aromatic N) is 2. The predicted molar refractivity (Wildman–Crippen MR) is 92.9 cm³/mol. The Bertz CT molecular complexity index is 826. The molecule has 2 aromatic carbocycles. The fraction of sp³-hybridized carbons (Fsp3) is 0. The minimum absolute atomic E-state index is 0. The first-order valence-corrected chi connectivity index (χ1v) is 8.67. The molecule has 2 aromatic heterocycles. The summed E-state index contributed by atoms with van der Waals surface area (Å²) in [5, 5.41) is 37.3. The number of hydrogen-bond donors (Lipinski definition) is 0. The summed E-state index contributed by atoms with van der Waals surface area (Å²) in [4.78, 5) is 0. The van der Waals surface area contributed by atoms with Crippen LogP contribution in [0.4, 0.5) is 0 Å². The van der Waals surface area contributed by atoms with E-state index in [0.29, 0.717) is 11.1 Å². The molecule has 2 N–H and O–H groups in total. The van der Waals surface area contributed by atoms with Gasteiger partial charge in [0.05, 0.1) is 11.1 Å². The maximum Gasteiger partial charge on any atom is 2.00 e. The van der Waals surface area contributed by atoms with Gasteiger partial charge in [-0.25, -0.2) is 0 Å². The van der Waals surface area contributed by atoms with Crippen LogP contribution in [0.5, 0.6) is 11.5 Å². The van der Waals surface area contributed by atoms with Gasteiger partial charge in [-0.15, -0.1) is 0 Å². The van der Waals surface area contributed by atoms with Crippen LogP contribution in [0.2, 0.25) is 0 Å². The van der Waals surface area contributed by atoms with Gasteiger partial charge in [-0.1, -0.05) is 58.1 Å². The van der Waals surface area contributed by atoms with Crippen LogP contribution in [0.15, 0.2) is 59.6 Å². The van der Waals surface area contributed by atoms with E-state index in [1.807, 2.05) is 12.1 Å². The van der Waals surface area contributed by atoms with E-state index in [9.17, 15) is 10.2 Å². The maximum absolute atomic E-state index is 11.3. The molecule has 120 valence electrons. The Kier molecular flexibility index (Phi) is 6.70. The summed E-state index contributed by atoms with van der Waals surface area (Å²) in [7, 11) is 0.